The van der Waals surface area contributed by atoms with Crippen LogP contribution >= 0.6 is 0 Å². The van der Waals surface area contributed by atoms with Gasteiger partial charge in [0.15, 0.2) is 0 Å². The van der Waals surface area contributed by atoms with Crippen LogP contribution < -0.4 is 11.1 Å². The molecule has 0 aliphatic heterocycles. The first kappa shape index (κ1) is 13.8. The Bertz CT molecular complexity index is 665. The molecule has 0 unspecified atom stereocenters. The Morgan fingerprint density at radius 2 is 2.35 bits per heavy atom. The van der Waals surface area contributed by atoms with Crippen molar-refractivity contribution >= 4 is 5.91 Å². The first-order chi connectivity index (χ1) is 9.72. The molecule has 2 aromatic rings. The summed E-state index contributed by atoms with van der Waals surface area (Å²) in [4.78, 5) is 20.3. The number of carbonyl (C=O) groups is 1. The normalized spacial score (nSPS) is 9.70. The summed E-state index contributed by atoms with van der Waals surface area (Å²) in [7, 11) is 1.87. The summed E-state index contributed by atoms with van der Waals surface area (Å²) in [6.45, 7) is 0.595. The van der Waals surface area contributed by atoms with Gasteiger partial charge in [-0.15, -0.1) is 0 Å². The Hall–Kier alpha value is -2.65. The monoisotopic (exact) mass is 269 g/mol. The molecule has 1 amide bonds. The predicted molar refractivity (Wildman–Crippen MR) is 74.5 cm³/mol. The highest BCUT2D eigenvalue weighted by molar-refractivity contribution is 5.96. The fraction of sp³-hybridized carbons (Fsp3) is 0.214. The molecular weight excluding hydrogens is 254 g/mol. The Kier molecular flexibility index (Phi) is 4.47. The number of nitrogens with zero attached hydrogens (tertiary/aromatic N) is 3. The first-order valence-corrected chi connectivity index (χ1v) is 6.09. The van der Waals surface area contributed by atoms with E-state index in [4.69, 9.17) is 5.73 Å². The zero-order valence-electron chi connectivity index (χ0n) is 11.1. The lowest BCUT2D eigenvalue weighted by molar-refractivity contribution is 0.0949. The van der Waals surface area contributed by atoms with Gasteiger partial charge in [-0.25, -0.2) is 4.98 Å². The number of imidazole rings is 1. The van der Waals surface area contributed by atoms with E-state index in [-0.39, 0.29) is 12.5 Å². The van der Waals surface area contributed by atoms with Crippen molar-refractivity contribution in [2.24, 2.45) is 12.8 Å². The van der Waals surface area contributed by atoms with Crippen LogP contribution in [0, 0.1) is 11.8 Å². The Morgan fingerprint density at radius 3 is 3.05 bits per heavy atom. The summed E-state index contributed by atoms with van der Waals surface area (Å²) in [6.07, 6.45) is 6.62. The average molecular weight is 269 g/mol. The Balaban J connectivity index is 2.11. The van der Waals surface area contributed by atoms with E-state index < -0.39 is 0 Å². The fourth-order valence-electron chi connectivity index (χ4n) is 1.66. The lowest BCUT2D eigenvalue weighted by Gasteiger charge is -2.06. The van der Waals surface area contributed by atoms with Crippen molar-refractivity contribution in [3.8, 4) is 11.8 Å². The van der Waals surface area contributed by atoms with E-state index in [0.717, 1.165) is 5.82 Å². The Morgan fingerprint density at radius 1 is 1.50 bits per heavy atom. The molecule has 0 fully saturated rings. The van der Waals surface area contributed by atoms with Crippen LogP contribution in [0.4, 0.5) is 0 Å². The second-order valence-electron chi connectivity index (χ2n) is 4.06. The molecule has 102 valence electrons. The van der Waals surface area contributed by atoms with Gasteiger partial charge in [-0.2, -0.15) is 0 Å². The molecule has 2 aromatic heterocycles. The number of aryl methyl sites for hydroxylation is 1. The minimum Gasteiger partial charge on any atom is -0.345 e. The summed E-state index contributed by atoms with van der Waals surface area (Å²) in [5, 5.41) is 2.81. The zero-order chi connectivity index (χ0) is 14.4. The van der Waals surface area contributed by atoms with Crippen LogP contribution in [0.1, 0.15) is 21.7 Å². The molecule has 0 atom stereocenters. The average Bonchev–Trinajstić information content (AvgIpc) is 2.88. The van der Waals surface area contributed by atoms with Crippen LogP contribution in [-0.2, 0) is 13.6 Å². The van der Waals surface area contributed by atoms with Gasteiger partial charge in [0.2, 0.25) is 0 Å². The van der Waals surface area contributed by atoms with Crippen LogP contribution in [0.3, 0.4) is 0 Å². The maximum absolute atomic E-state index is 12.2. The van der Waals surface area contributed by atoms with Crippen molar-refractivity contribution in [3.05, 3.63) is 47.8 Å². The molecule has 0 saturated heterocycles. The highest BCUT2D eigenvalue weighted by atomic mass is 16.1. The number of amides is 1. The van der Waals surface area contributed by atoms with Crippen molar-refractivity contribution < 1.29 is 4.79 Å². The van der Waals surface area contributed by atoms with Crippen LogP contribution in [0.2, 0.25) is 0 Å². The molecule has 0 radical (unpaired) electrons. The lowest BCUT2D eigenvalue weighted by Crippen LogP contribution is -2.25. The number of pyridine rings is 1. The van der Waals surface area contributed by atoms with Gasteiger partial charge in [0.1, 0.15) is 5.82 Å². The standard InChI is InChI=1S/C14H15N5O/c1-19-8-7-17-13(19)10-18-14(20)12-4-6-16-9-11(12)3-2-5-15/h4,6-9H,5,10,15H2,1H3,(H,18,20). The molecule has 3 N–H and O–H groups in total. The van der Waals surface area contributed by atoms with Gasteiger partial charge in [0.05, 0.1) is 24.2 Å². The molecule has 2 rings (SSSR count). The summed E-state index contributed by atoms with van der Waals surface area (Å²) in [5.74, 6) is 6.13. The van der Waals surface area contributed by atoms with Crippen molar-refractivity contribution in [2.75, 3.05) is 6.54 Å². The van der Waals surface area contributed by atoms with E-state index in [2.05, 4.69) is 27.1 Å². The molecule has 6 heteroatoms. The van der Waals surface area contributed by atoms with Gasteiger partial charge >= 0.3 is 0 Å². The SMILES string of the molecule is Cn1ccnc1CNC(=O)c1ccncc1C#CCN. The van der Waals surface area contributed by atoms with Crippen molar-refractivity contribution in [1.82, 2.24) is 19.9 Å². The first-order valence-electron chi connectivity index (χ1n) is 6.09. The maximum atomic E-state index is 12.2. The molecule has 0 saturated carbocycles. The third-order valence-corrected chi connectivity index (χ3v) is 2.72. The third-order valence-electron chi connectivity index (χ3n) is 2.72. The molecule has 0 aliphatic rings. The number of hydrogen-bond donors (Lipinski definition) is 2. The predicted octanol–water partition coefficient (Wildman–Crippen LogP) is 0.0553. The number of nitrogens with two attached hydrogens (primary N) is 1. The van der Waals surface area contributed by atoms with E-state index in [1.54, 1.807) is 24.7 Å². The molecular formula is C14H15N5O. The molecule has 6 nitrogen and oxygen atoms in total. The van der Waals surface area contributed by atoms with Gasteiger partial charge < -0.3 is 15.6 Å². The van der Waals surface area contributed by atoms with Crippen molar-refractivity contribution in [1.29, 1.82) is 0 Å². The number of aromatic nitrogens is 3. The number of nitrogens with one attached hydrogen (secondary N) is 1. The molecule has 0 bridgehead atoms. The van der Waals surface area contributed by atoms with Gasteiger partial charge in [0.25, 0.3) is 5.91 Å². The second-order valence-corrected chi connectivity index (χ2v) is 4.06. The minimum absolute atomic E-state index is 0.211. The molecule has 20 heavy (non-hydrogen) atoms. The van der Waals surface area contributed by atoms with E-state index in [1.165, 1.54) is 0 Å². The summed E-state index contributed by atoms with van der Waals surface area (Å²) in [6, 6.07) is 1.63. The van der Waals surface area contributed by atoms with E-state index in [9.17, 15) is 4.79 Å². The number of carbonyl (C=O) groups excluding carboxylic acids is 1. The molecule has 0 aromatic carbocycles. The third kappa shape index (κ3) is 3.22. The fourth-order valence-corrected chi connectivity index (χ4v) is 1.66. The van der Waals surface area contributed by atoms with Crippen molar-refractivity contribution in [3.63, 3.8) is 0 Å². The largest absolute Gasteiger partial charge is 0.345 e. The van der Waals surface area contributed by atoms with Crippen LogP contribution in [0.25, 0.3) is 0 Å². The van der Waals surface area contributed by atoms with E-state index >= 15 is 0 Å². The molecule has 2 heterocycles. The van der Waals surface area contributed by atoms with Crippen LogP contribution in [0.5, 0.6) is 0 Å². The topological polar surface area (TPSA) is 85.8 Å². The minimum atomic E-state index is -0.211. The summed E-state index contributed by atoms with van der Waals surface area (Å²) in [5.41, 5.74) is 6.38. The van der Waals surface area contributed by atoms with E-state index in [0.29, 0.717) is 17.7 Å². The Labute approximate surface area is 117 Å². The van der Waals surface area contributed by atoms with Gasteiger partial charge in [-0.1, -0.05) is 11.8 Å². The van der Waals surface area contributed by atoms with Crippen LogP contribution in [0.15, 0.2) is 30.9 Å². The van der Waals surface area contributed by atoms with Gasteiger partial charge in [-0.3, -0.25) is 9.78 Å². The molecule has 0 spiro atoms. The van der Waals surface area contributed by atoms with Crippen molar-refractivity contribution in [2.45, 2.75) is 6.54 Å². The number of hydrogen-bond acceptors (Lipinski definition) is 4. The maximum Gasteiger partial charge on any atom is 0.253 e. The van der Waals surface area contributed by atoms with E-state index in [1.807, 2.05) is 17.8 Å². The van der Waals surface area contributed by atoms with Gasteiger partial charge in [0, 0.05) is 31.8 Å². The zero-order valence-corrected chi connectivity index (χ0v) is 11.1. The number of rotatable bonds is 3. The summed E-state index contributed by atoms with van der Waals surface area (Å²) < 4.78 is 1.85. The highest BCUT2D eigenvalue weighted by Gasteiger charge is 2.10. The quantitative estimate of drug-likeness (QED) is 0.771. The highest BCUT2D eigenvalue weighted by Crippen LogP contribution is 2.05. The smallest absolute Gasteiger partial charge is 0.253 e. The molecule has 0 aliphatic carbocycles. The van der Waals surface area contributed by atoms with Crippen LogP contribution in [-0.4, -0.2) is 27.0 Å². The second kappa shape index (κ2) is 6.50. The summed E-state index contributed by atoms with van der Waals surface area (Å²) >= 11 is 0. The van der Waals surface area contributed by atoms with Gasteiger partial charge in [-0.05, 0) is 6.07 Å². The lowest BCUT2D eigenvalue weighted by atomic mass is 10.1.